The van der Waals surface area contributed by atoms with E-state index >= 15 is 0 Å². The van der Waals surface area contributed by atoms with Crippen molar-refractivity contribution in [2.45, 2.75) is 0 Å². The first-order chi connectivity index (χ1) is 13.2. The summed E-state index contributed by atoms with van der Waals surface area (Å²) < 4.78 is 10.8. The number of hydrogen-bond acceptors (Lipinski definition) is 7. The smallest absolute Gasteiger partial charge is 0.161 e. The zero-order chi connectivity index (χ0) is 18.8. The summed E-state index contributed by atoms with van der Waals surface area (Å²) >= 11 is 1.54. The third-order valence-electron chi connectivity index (χ3n) is 4.22. The van der Waals surface area contributed by atoms with Crippen molar-refractivity contribution in [2.24, 2.45) is 0 Å². The van der Waals surface area contributed by atoms with Crippen molar-refractivity contribution in [3.63, 3.8) is 0 Å². The van der Waals surface area contributed by atoms with Crippen LogP contribution >= 0.6 is 11.3 Å². The fourth-order valence-electron chi connectivity index (χ4n) is 2.89. The van der Waals surface area contributed by atoms with E-state index in [0.29, 0.717) is 23.0 Å². The Balaban J connectivity index is 1.85. The molecule has 4 rings (SSSR count). The van der Waals surface area contributed by atoms with Gasteiger partial charge in [-0.15, -0.1) is 11.3 Å². The fourth-order valence-corrected chi connectivity index (χ4v) is 3.81. The van der Waals surface area contributed by atoms with Crippen LogP contribution in [0.25, 0.3) is 21.3 Å². The third-order valence-corrected chi connectivity index (χ3v) is 5.11. The molecule has 7 heteroatoms. The molecule has 0 amide bonds. The quantitative estimate of drug-likeness (QED) is 0.484. The Bertz CT molecular complexity index is 1110. The van der Waals surface area contributed by atoms with Gasteiger partial charge in [0.1, 0.15) is 22.7 Å². The van der Waals surface area contributed by atoms with Crippen molar-refractivity contribution in [1.29, 1.82) is 0 Å². The highest BCUT2D eigenvalue weighted by Gasteiger charge is 2.16. The Morgan fingerprint density at radius 1 is 1.00 bits per heavy atom. The van der Waals surface area contributed by atoms with Gasteiger partial charge in [0.25, 0.3) is 0 Å². The van der Waals surface area contributed by atoms with E-state index in [4.69, 9.17) is 9.47 Å². The summed E-state index contributed by atoms with van der Waals surface area (Å²) in [5, 5.41) is 16.2. The molecule has 0 saturated heterocycles. The molecule has 27 heavy (non-hydrogen) atoms. The fraction of sp³-hybridized carbons (Fsp3) is 0.100. The number of phenolic OH excluding ortho intramolecular Hbond substituents is 1. The maximum atomic E-state index is 10.1. The molecule has 136 valence electrons. The second-order valence-corrected chi connectivity index (χ2v) is 6.62. The lowest BCUT2D eigenvalue weighted by atomic mass is 10.1. The molecule has 4 aromatic rings. The molecule has 0 atom stereocenters. The van der Waals surface area contributed by atoms with Gasteiger partial charge in [-0.2, -0.15) is 0 Å². The van der Waals surface area contributed by atoms with Gasteiger partial charge in [0, 0.05) is 10.9 Å². The highest BCUT2D eigenvalue weighted by atomic mass is 32.1. The third kappa shape index (κ3) is 3.13. The number of phenols is 1. The number of fused-ring (bicyclic) bond motifs is 1. The van der Waals surface area contributed by atoms with Gasteiger partial charge in [-0.25, -0.2) is 9.97 Å². The van der Waals surface area contributed by atoms with E-state index in [9.17, 15) is 5.11 Å². The van der Waals surface area contributed by atoms with Crippen LogP contribution in [0.1, 0.15) is 0 Å². The second-order valence-electron chi connectivity index (χ2n) is 5.76. The largest absolute Gasteiger partial charge is 0.506 e. The van der Waals surface area contributed by atoms with Crippen molar-refractivity contribution in [3.05, 3.63) is 54.2 Å². The Hall–Kier alpha value is -3.32. The lowest BCUT2D eigenvalue weighted by Gasteiger charge is -2.11. The first-order valence-electron chi connectivity index (χ1n) is 8.21. The van der Waals surface area contributed by atoms with Crippen LogP contribution in [0.3, 0.4) is 0 Å². The zero-order valence-electron chi connectivity index (χ0n) is 14.8. The number of aromatic hydroxyl groups is 1. The van der Waals surface area contributed by atoms with E-state index in [1.165, 1.54) is 17.7 Å². The zero-order valence-corrected chi connectivity index (χ0v) is 15.6. The molecule has 0 fully saturated rings. The van der Waals surface area contributed by atoms with E-state index in [0.717, 1.165) is 21.3 Å². The summed E-state index contributed by atoms with van der Waals surface area (Å²) in [6.45, 7) is 0. The molecule has 0 radical (unpaired) electrons. The summed E-state index contributed by atoms with van der Waals surface area (Å²) in [7, 11) is 3.22. The van der Waals surface area contributed by atoms with Crippen molar-refractivity contribution < 1.29 is 14.6 Å². The average molecular weight is 379 g/mol. The van der Waals surface area contributed by atoms with Crippen molar-refractivity contribution in [3.8, 4) is 28.4 Å². The second kappa shape index (κ2) is 7.13. The predicted molar refractivity (Wildman–Crippen MR) is 107 cm³/mol. The number of ether oxygens (including phenoxy) is 2. The summed E-state index contributed by atoms with van der Waals surface area (Å²) in [4.78, 5) is 9.63. The van der Waals surface area contributed by atoms with Crippen LogP contribution in [0.5, 0.6) is 17.2 Å². The number of methoxy groups -OCH3 is 2. The Morgan fingerprint density at radius 3 is 2.59 bits per heavy atom. The van der Waals surface area contributed by atoms with Crippen molar-refractivity contribution >= 4 is 33.1 Å². The van der Waals surface area contributed by atoms with E-state index in [1.54, 1.807) is 32.4 Å². The number of benzene rings is 2. The van der Waals surface area contributed by atoms with E-state index < -0.39 is 0 Å². The molecule has 2 aromatic heterocycles. The summed E-state index contributed by atoms with van der Waals surface area (Å²) in [5.74, 6) is 2.12. The standard InChI is InChI=1S/C20H17N3O3S/c1-25-16-8-7-12(9-17(16)26-2)13-10-27-20-18(13)19(21-11-22-20)23-14-5-3-4-6-15(14)24/h3-11,24H,1-2H3,(H,21,22,23). The normalized spacial score (nSPS) is 10.7. The molecule has 2 aromatic carbocycles. The monoisotopic (exact) mass is 379 g/mol. The maximum Gasteiger partial charge on any atom is 0.161 e. The predicted octanol–water partition coefficient (Wildman–Crippen LogP) is 4.82. The van der Waals surface area contributed by atoms with Crippen LogP contribution in [0.2, 0.25) is 0 Å². The Kier molecular flexibility index (Phi) is 4.52. The van der Waals surface area contributed by atoms with Gasteiger partial charge < -0.3 is 19.9 Å². The minimum absolute atomic E-state index is 0.159. The maximum absolute atomic E-state index is 10.1. The van der Waals surface area contributed by atoms with E-state index in [1.807, 2.05) is 29.6 Å². The van der Waals surface area contributed by atoms with Gasteiger partial charge in [0.05, 0.1) is 25.3 Å². The van der Waals surface area contributed by atoms with Gasteiger partial charge >= 0.3 is 0 Å². The van der Waals surface area contributed by atoms with Gasteiger partial charge in [-0.1, -0.05) is 18.2 Å². The highest BCUT2D eigenvalue weighted by molar-refractivity contribution is 7.17. The van der Waals surface area contributed by atoms with Crippen LogP contribution in [0.4, 0.5) is 11.5 Å². The van der Waals surface area contributed by atoms with E-state index in [2.05, 4.69) is 15.3 Å². The van der Waals surface area contributed by atoms with Crippen molar-refractivity contribution in [2.75, 3.05) is 19.5 Å². The van der Waals surface area contributed by atoms with Crippen LogP contribution < -0.4 is 14.8 Å². The van der Waals surface area contributed by atoms with Gasteiger partial charge in [0.2, 0.25) is 0 Å². The number of aromatic nitrogens is 2. The minimum Gasteiger partial charge on any atom is -0.506 e. The number of hydrogen-bond donors (Lipinski definition) is 2. The molecule has 0 unspecified atom stereocenters. The molecule has 0 bridgehead atoms. The number of nitrogens with zero attached hydrogens (tertiary/aromatic N) is 2. The molecule has 0 saturated carbocycles. The molecule has 2 heterocycles. The van der Waals surface area contributed by atoms with Gasteiger partial charge in [-0.05, 0) is 29.8 Å². The van der Waals surface area contributed by atoms with Crippen LogP contribution in [-0.4, -0.2) is 29.3 Å². The summed E-state index contributed by atoms with van der Waals surface area (Å²) in [6, 6.07) is 12.8. The molecular formula is C20H17N3O3S. The molecule has 2 N–H and O–H groups in total. The number of para-hydroxylation sites is 2. The molecule has 0 spiro atoms. The first kappa shape index (κ1) is 17.1. The van der Waals surface area contributed by atoms with Crippen LogP contribution in [0, 0.1) is 0 Å². The SMILES string of the molecule is COc1ccc(-c2csc3ncnc(Nc4ccccc4O)c23)cc1OC. The number of rotatable bonds is 5. The topological polar surface area (TPSA) is 76.5 Å². The minimum atomic E-state index is 0.159. The molecule has 0 aliphatic rings. The van der Waals surface area contributed by atoms with Crippen molar-refractivity contribution in [1.82, 2.24) is 9.97 Å². The molecule has 6 nitrogen and oxygen atoms in total. The number of nitrogens with one attached hydrogen (secondary N) is 1. The lowest BCUT2D eigenvalue weighted by Crippen LogP contribution is -1.96. The summed E-state index contributed by atoms with van der Waals surface area (Å²) in [5.41, 5.74) is 2.53. The van der Waals surface area contributed by atoms with E-state index in [-0.39, 0.29) is 5.75 Å². The Morgan fingerprint density at radius 2 is 1.81 bits per heavy atom. The average Bonchev–Trinajstić information content (AvgIpc) is 3.14. The summed E-state index contributed by atoms with van der Waals surface area (Å²) in [6.07, 6.45) is 1.51. The van der Waals surface area contributed by atoms with Gasteiger partial charge in [0.15, 0.2) is 11.5 Å². The van der Waals surface area contributed by atoms with Crippen LogP contribution in [0.15, 0.2) is 54.2 Å². The number of anilines is 2. The molecule has 0 aliphatic carbocycles. The lowest BCUT2D eigenvalue weighted by molar-refractivity contribution is 0.355. The highest BCUT2D eigenvalue weighted by Crippen LogP contribution is 2.40. The molecular weight excluding hydrogens is 362 g/mol. The number of thiophene rings is 1. The van der Waals surface area contributed by atoms with Gasteiger partial charge in [-0.3, -0.25) is 0 Å². The molecule has 0 aliphatic heterocycles. The van der Waals surface area contributed by atoms with Crippen LogP contribution in [-0.2, 0) is 0 Å². The Labute approximate surface area is 160 Å². The first-order valence-corrected chi connectivity index (χ1v) is 9.09.